The minimum absolute atomic E-state index is 0.154. The summed E-state index contributed by atoms with van der Waals surface area (Å²) in [5, 5.41) is 7.53. The highest BCUT2D eigenvalue weighted by atomic mass is 16.1. The van der Waals surface area contributed by atoms with Gasteiger partial charge in [0.05, 0.1) is 40.2 Å². The zero-order chi connectivity index (χ0) is 19.7. The van der Waals surface area contributed by atoms with Gasteiger partial charge in [-0.15, -0.1) is 0 Å². The average molecular weight is 373 g/mol. The number of aromatic nitrogens is 4. The highest BCUT2D eigenvalue weighted by molar-refractivity contribution is 5.95. The summed E-state index contributed by atoms with van der Waals surface area (Å²) in [5.41, 5.74) is 4.15. The normalized spacial score (nSPS) is 12.4. The lowest BCUT2D eigenvalue weighted by atomic mass is 10.0. The van der Waals surface area contributed by atoms with Gasteiger partial charge in [-0.05, 0) is 37.1 Å². The summed E-state index contributed by atoms with van der Waals surface area (Å²) >= 11 is 0. The Morgan fingerprint density at radius 3 is 2.50 bits per heavy atom. The number of hydrogen-bond acceptors (Lipinski definition) is 3. The molecule has 2 aromatic heterocycles. The SMILES string of the molecule is Cc1c(C(=O)NC(c2nc3ccccc3[nH]2)C(C)C)cnn1-c1ccccc1. The molecule has 142 valence electrons. The van der Waals surface area contributed by atoms with E-state index >= 15 is 0 Å². The van der Waals surface area contributed by atoms with Crippen LogP contribution in [-0.2, 0) is 0 Å². The third-order valence-corrected chi connectivity index (χ3v) is 4.91. The number of nitrogens with one attached hydrogen (secondary N) is 2. The maximum atomic E-state index is 13.0. The van der Waals surface area contributed by atoms with Crippen molar-refractivity contribution in [2.24, 2.45) is 5.92 Å². The summed E-state index contributed by atoms with van der Waals surface area (Å²) in [6.45, 7) is 6.04. The van der Waals surface area contributed by atoms with Crippen LogP contribution in [0.1, 0.15) is 41.8 Å². The molecule has 0 aliphatic heterocycles. The molecule has 0 bridgehead atoms. The number of nitrogens with zero attached hydrogens (tertiary/aromatic N) is 3. The van der Waals surface area contributed by atoms with Crippen molar-refractivity contribution in [3.8, 4) is 5.69 Å². The van der Waals surface area contributed by atoms with Crippen LogP contribution in [0.25, 0.3) is 16.7 Å². The standard InChI is InChI=1S/C22H23N5O/c1-14(2)20(21-24-18-11-7-8-12-19(18)25-21)26-22(28)17-13-23-27(15(17)3)16-9-5-4-6-10-16/h4-14,20H,1-3H3,(H,24,25)(H,26,28). The number of imidazole rings is 1. The van der Waals surface area contributed by atoms with Crippen molar-refractivity contribution in [2.45, 2.75) is 26.8 Å². The fourth-order valence-electron chi connectivity index (χ4n) is 3.35. The monoisotopic (exact) mass is 373 g/mol. The van der Waals surface area contributed by atoms with E-state index < -0.39 is 0 Å². The summed E-state index contributed by atoms with van der Waals surface area (Å²) < 4.78 is 1.78. The number of hydrogen-bond donors (Lipinski definition) is 2. The molecule has 1 amide bonds. The van der Waals surface area contributed by atoms with Crippen LogP contribution in [0.4, 0.5) is 0 Å². The van der Waals surface area contributed by atoms with Gasteiger partial charge in [0.2, 0.25) is 0 Å². The van der Waals surface area contributed by atoms with E-state index in [1.807, 2.05) is 61.5 Å². The van der Waals surface area contributed by atoms with Crippen LogP contribution in [0.3, 0.4) is 0 Å². The van der Waals surface area contributed by atoms with Gasteiger partial charge < -0.3 is 10.3 Å². The lowest BCUT2D eigenvalue weighted by molar-refractivity contribution is 0.0922. The molecule has 0 aliphatic rings. The number of aromatic amines is 1. The van der Waals surface area contributed by atoms with Crippen LogP contribution in [0.5, 0.6) is 0 Å². The summed E-state index contributed by atoms with van der Waals surface area (Å²) in [5.74, 6) is 0.783. The quantitative estimate of drug-likeness (QED) is 0.551. The second-order valence-corrected chi connectivity index (χ2v) is 7.23. The maximum absolute atomic E-state index is 13.0. The summed E-state index contributed by atoms with van der Waals surface area (Å²) in [4.78, 5) is 21.0. The molecule has 2 N–H and O–H groups in total. The Balaban J connectivity index is 1.61. The summed E-state index contributed by atoms with van der Waals surface area (Å²) in [6, 6.07) is 17.4. The molecule has 6 heteroatoms. The summed E-state index contributed by atoms with van der Waals surface area (Å²) in [7, 11) is 0. The smallest absolute Gasteiger partial charge is 0.255 e. The van der Waals surface area contributed by atoms with Crippen LogP contribution in [0.2, 0.25) is 0 Å². The van der Waals surface area contributed by atoms with Gasteiger partial charge in [0.25, 0.3) is 5.91 Å². The van der Waals surface area contributed by atoms with E-state index in [0.717, 1.165) is 28.2 Å². The molecule has 2 aromatic carbocycles. The minimum atomic E-state index is -0.223. The van der Waals surface area contributed by atoms with E-state index in [-0.39, 0.29) is 17.9 Å². The first-order valence-corrected chi connectivity index (χ1v) is 9.40. The van der Waals surface area contributed by atoms with Crippen molar-refractivity contribution >= 4 is 16.9 Å². The number of rotatable bonds is 5. The van der Waals surface area contributed by atoms with E-state index in [2.05, 4.69) is 34.2 Å². The minimum Gasteiger partial charge on any atom is -0.342 e. The van der Waals surface area contributed by atoms with Crippen molar-refractivity contribution in [2.75, 3.05) is 0 Å². The molecule has 6 nitrogen and oxygen atoms in total. The van der Waals surface area contributed by atoms with E-state index in [0.29, 0.717) is 5.56 Å². The van der Waals surface area contributed by atoms with E-state index in [9.17, 15) is 4.79 Å². The Labute approximate surface area is 163 Å². The number of fused-ring (bicyclic) bond motifs is 1. The van der Waals surface area contributed by atoms with Crippen molar-refractivity contribution < 1.29 is 4.79 Å². The lowest BCUT2D eigenvalue weighted by Gasteiger charge is -2.20. The van der Waals surface area contributed by atoms with Crippen LogP contribution in [0, 0.1) is 12.8 Å². The zero-order valence-electron chi connectivity index (χ0n) is 16.2. The van der Waals surface area contributed by atoms with E-state index in [1.165, 1.54) is 0 Å². The Bertz CT molecular complexity index is 1080. The number of carbonyl (C=O) groups excluding carboxylic acids is 1. The largest absolute Gasteiger partial charge is 0.342 e. The highest BCUT2D eigenvalue weighted by Crippen LogP contribution is 2.23. The molecule has 0 fully saturated rings. The van der Waals surface area contributed by atoms with Gasteiger partial charge >= 0.3 is 0 Å². The molecule has 28 heavy (non-hydrogen) atoms. The molecule has 4 rings (SSSR count). The fourth-order valence-corrected chi connectivity index (χ4v) is 3.35. The van der Waals surface area contributed by atoms with Gasteiger partial charge in [0.15, 0.2) is 0 Å². The molecule has 4 aromatic rings. The van der Waals surface area contributed by atoms with E-state index in [4.69, 9.17) is 0 Å². The van der Waals surface area contributed by atoms with Crippen molar-refractivity contribution in [1.82, 2.24) is 25.1 Å². The van der Waals surface area contributed by atoms with E-state index in [1.54, 1.807) is 10.9 Å². The first kappa shape index (κ1) is 18.0. The molecule has 1 unspecified atom stereocenters. The second-order valence-electron chi connectivity index (χ2n) is 7.23. The maximum Gasteiger partial charge on any atom is 0.255 e. The van der Waals surface area contributed by atoms with Crippen molar-refractivity contribution in [3.63, 3.8) is 0 Å². The number of para-hydroxylation sites is 3. The first-order chi connectivity index (χ1) is 13.5. The van der Waals surface area contributed by atoms with Crippen LogP contribution >= 0.6 is 0 Å². The van der Waals surface area contributed by atoms with Gasteiger partial charge in [-0.1, -0.05) is 44.2 Å². The predicted octanol–water partition coefficient (Wildman–Crippen LogP) is 4.18. The Morgan fingerprint density at radius 2 is 1.79 bits per heavy atom. The Kier molecular flexibility index (Phi) is 4.69. The van der Waals surface area contributed by atoms with Gasteiger partial charge in [0, 0.05) is 0 Å². The van der Waals surface area contributed by atoms with Gasteiger partial charge in [0.1, 0.15) is 5.82 Å². The van der Waals surface area contributed by atoms with Crippen molar-refractivity contribution in [1.29, 1.82) is 0 Å². The van der Waals surface area contributed by atoms with Crippen molar-refractivity contribution in [3.05, 3.63) is 77.9 Å². The third kappa shape index (κ3) is 3.29. The third-order valence-electron chi connectivity index (χ3n) is 4.91. The molecule has 0 spiro atoms. The second kappa shape index (κ2) is 7.31. The lowest BCUT2D eigenvalue weighted by Crippen LogP contribution is -2.32. The summed E-state index contributed by atoms with van der Waals surface area (Å²) in [6.07, 6.45) is 1.62. The molecular weight excluding hydrogens is 350 g/mol. The molecule has 0 aliphatic carbocycles. The van der Waals surface area contributed by atoms with Crippen LogP contribution in [-0.4, -0.2) is 25.7 Å². The first-order valence-electron chi connectivity index (χ1n) is 9.40. The van der Waals surface area contributed by atoms with Crippen LogP contribution < -0.4 is 5.32 Å². The van der Waals surface area contributed by atoms with Crippen LogP contribution in [0.15, 0.2) is 60.8 Å². The number of benzene rings is 2. The van der Waals surface area contributed by atoms with Gasteiger partial charge in [-0.3, -0.25) is 4.79 Å². The number of carbonyl (C=O) groups is 1. The molecule has 2 heterocycles. The number of amides is 1. The Morgan fingerprint density at radius 1 is 1.07 bits per heavy atom. The Hall–Kier alpha value is -3.41. The molecule has 0 saturated heterocycles. The van der Waals surface area contributed by atoms with Gasteiger partial charge in [-0.2, -0.15) is 5.10 Å². The highest BCUT2D eigenvalue weighted by Gasteiger charge is 2.24. The topological polar surface area (TPSA) is 75.6 Å². The van der Waals surface area contributed by atoms with Gasteiger partial charge in [-0.25, -0.2) is 9.67 Å². The molecule has 1 atom stereocenters. The molecular formula is C22H23N5O. The fraction of sp³-hybridized carbons (Fsp3) is 0.227. The predicted molar refractivity (Wildman–Crippen MR) is 109 cm³/mol. The molecule has 0 saturated carbocycles. The molecule has 0 radical (unpaired) electrons. The average Bonchev–Trinajstić information content (AvgIpc) is 3.29. The zero-order valence-corrected chi connectivity index (χ0v) is 16.2. The number of H-pyrrole nitrogens is 1.